The van der Waals surface area contributed by atoms with Gasteiger partial charge in [-0.15, -0.1) is 11.3 Å². The summed E-state index contributed by atoms with van der Waals surface area (Å²) in [5.74, 6) is 2.23. The average molecular weight is 410 g/mol. The minimum absolute atomic E-state index is 0.0709. The quantitative estimate of drug-likeness (QED) is 0.778. The number of rotatable bonds is 6. The molecule has 2 aromatic rings. The summed E-state index contributed by atoms with van der Waals surface area (Å²) < 4.78 is 11.6. The second-order valence-electron chi connectivity index (χ2n) is 5.35. The molecule has 2 heterocycles. The van der Waals surface area contributed by atoms with E-state index >= 15 is 0 Å². The van der Waals surface area contributed by atoms with Crippen molar-refractivity contribution in [3.05, 3.63) is 23.6 Å². The summed E-state index contributed by atoms with van der Waals surface area (Å²) in [7, 11) is 3.20. The molecule has 0 spiro atoms. The van der Waals surface area contributed by atoms with Gasteiger partial charge in [0.05, 0.1) is 31.7 Å². The molecule has 3 rings (SSSR count). The van der Waals surface area contributed by atoms with Crippen LogP contribution in [0.5, 0.6) is 11.5 Å². The Morgan fingerprint density at radius 2 is 2.12 bits per heavy atom. The number of thiazole rings is 1. The number of methoxy groups -OCH3 is 2. The van der Waals surface area contributed by atoms with Crippen molar-refractivity contribution in [3.63, 3.8) is 0 Å². The zero-order chi connectivity index (χ0) is 18.5. The Labute approximate surface area is 164 Å². The molecule has 1 unspecified atom stereocenters. The lowest BCUT2D eigenvalue weighted by molar-refractivity contribution is -0.115. The van der Waals surface area contributed by atoms with Crippen LogP contribution in [0.3, 0.4) is 0 Å². The molecular formula is C17H19N3O3S3. The summed E-state index contributed by atoms with van der Waals surface area (Å²) in [5.41, 5.74) is 1.68. The zero-order valence-electron chi connectivity index (χ0n) is 14.6. The van der Waals surface area contributed by atoms with Crippen molar-refractivity contribution in [1.29, 1.82) is 0 Å². The molecule has 1 N–H and O–H groups in total. The average Bonchev–Trinajstić information content (AvgIpc) is 3.33. The molecule has 1 aliphatic rings. The highest BCUT2D eigenvalue weighted by Crippen LogP contribution is 2.33. The van der Waals surface area contributed by atoms with Crippen molar-refractivity contribution in [2.24, 2.45) is 4.99 Å². The second kappa shape index (κ2) is 8.79. The van der Waals surface area contributed by atoms with E-state index in [4.69, 9.17) is 9.47 Å². The molecule has 138 valence electrons. The van der Waals surface area contributed by atoms with Crippen molar-refractivity contribution < 1.29 is 14.3 Å². The molecule has 0 bridgehead atoms. The van der Waals surface area contributed by atoms with Gasteiger partial charge in [-0.3, -0.25) is 9.79 Å². The Hall–Kier alpha value is -1.71. The molecule has 26 heavy (non-hydrogen) atoms. The van der Waals surface area contributed by atoms with Crippen LogP contribution < -0.4 is 14.8 Å². The summed E-state index contributed by atoms with van der Waals surface area (Å²) >= 11 is 4.59. The van der Waals surface area contributed by atoms with Crippen LogP contribution in [0, 0.1) is 0 Å². The van der Waals surface area contributed by atoms with Gasteiger partial charge in [0.1, 0.15) is 4.38 Å². The van der Waals surface area contributed by atoms with Gasteiger partial charge in [-0.05, 0) is 25.1 Å². The molecule has 1 atom stereocenters. The molecule has 1 aromatic heterocycles. The highest BCUT2D eigenvalue weighted by molar-refractivity contribution is 8.39. The molecule has 0 fully saturated rings. The van der Waals surface area contributed by atoms with E-state index in [0.29, 0.717) is 16.6 Å². The molecule has 1 aromatic carbocycles. The third-order valence-electron chi connectivity index (χ3n) is 3.62. The maximum absolute atomic E-state index is 12.4. The standard InChI is InChI=1S/C17H19N3O3S3/c1-10(26-17-18-6-7-24-17)15(21)20-16-19-12(9-25-16)11-4-5-13(22-2)14(8-11)23-3/h4-5,8-10H,6-7H2,1-3H3,(H,19,20,21). The number of thioether (sulfide) groups is 2. The van der Waals surface area contributed by atoms with Gasteiger partial charge in [-0.25, -0.2) is 4.98 Å². The van der Waals surface area contributed by atoms with E-state index in [2.05, 4.69) is 15.3 Å². The Kier molecular flexibility index (Phi) is 6.44. The predicted molar refractivity (Wildman–Crippen MR) is 111 cm³/mol. The van der Waals surface area contributed by atoms with Crippen LogP contribution in [0.4, 0.5) is 5.13 Å². The normalized spacial score (nSPS) is 14.7. The third kappa shape index (κ3) is 4.52. The second-order valence-corrected chi connectivity index (χ2v) is 8.88. The van der Waals surface area contributed by atoms with Gasteiger partial charge in [0.25, 0.3) is 0 Å². The number of benzene rings is 1. The molecule has 6 nitrogen and oxygen atoms in total. The predicted octanol–water partition coefficient (Wildman–Crippen LogP) is 3.99. The molecule has 1 aliphatic heterocycles. The summed E-state index contributed by atoms with van der Waals surface area (Å²) in [4.78, 5) is 21.2. The van der Waals surface area contributed by atoms with Crippen LogP contribution in [-0.2, 0) is 4.79 Å². The van der Waals surface area contributed by atoms with Crippen molar-refractivity contribution >= 4 is 50.3 Å². The number of nitrogens with one attached hydrogen (secondary N) is 1. The minimum Gasteiger partial charge on any atom is -0.493 e. The Morgan fingerprint density at radius 1 is 1.31 bits per heavy atom. The molecule has 0 saturated heterocycles. The molecular weight excluding hydrogens is 390 g/mol. The number of hydrogen-bond acceptors (Lipinski definition) is 8. The number of ether oxygens (including phenoxy) is 2. The number of carbonyl (C=O) groups is 1. The maximum atomic E-state index is 12.4. The van der Waals surface area contributed by atoms with Crippen molar-refractivity contribution in [2.75, 3.05) is 31.8 Å². The van der Waals surface area contributed by atoms with Crippen LogP contribution >= 0.6 is 34.9 Å². The number of hydrogen-bond donors (Lipinski definition) is 1. The summed E-state index contributed by atoms with van der Waals surface area (Å²) in [6.07, 6.45) is 0. The number of carbonyl (C=O) groups excluding carboxylic acids is 1. The van der Waals surface area contributed by atoms with Gasteiger partial charge in [-0.1, -0.05) is 23.5 Å². The number of aromatic nitrogens is 1. The number of aliphatic imine (C=N–C) groups is 1. The third-order valence-corrected chi connectivity index (χ3v) is 6.68. The van der Waals surface area contributed by atoms with Crippen LogP contribution in [0.2, 0.25) is 0 Å². The van der Waals surface area contributed by atoms with E-state index in [1.165, 1.54) is 23.1 Å². The monoisotopic (exact) mass is 409 g/mol. The minimum atomic E-state index is -0.215. The lowest BCUT2D eigenvalue weighted by Gasteiger charge is -2.09. The fourth-order valence-corrected chi connectivity index (χ4v) is 5.11. The zero-order valence-corrected chi connectivity index (χ0v) is 17.1. The molecule has 0 aliphatic carbocycles. The van der Waals surface area contributed by atoms with Gasteiger partial charge in [0.15, 0.2) is 16.6 Å². The first-order valence-corrected chi connectivity index (χ1v) is 10.7. The van der Waals surface area contributed by atoms with E-state index in [0.717, 1.165) is 27.9 Å². The Bertz CT molecular complexity index is 823. The van der Waals surface area contributed by atoms with E-state index in [1.807, 2.05) is 30.5 Å². The Morgan fingerprint density at radius 3 is 2.81 bits per heavy atom. The maximum Gasteiger partial charge on any atom is 0.239 e. The molecule has 9 heteroatoms. The van der Waals surface area contributed by atoms with E-state index in [1.54, 1.807) is 26.0 Å². The van der Waals surface area contributed by atoms with E-state index in [-0.39, 0.29) is 11.2 Å². The number of anilines is 1. The van der Waals surface area contributed by atoms with Crippen molar-refractivity contribution in [3.8, 4) is 22.8 Å². The topological polar surface area (TPSA) is 72.8 Å². The Balaban J connectivity index is 1.66. The first-order chi connectivity index (χ1) is 12.6. The van der Waals surface area contributed by atoms with Crippen LogP contribution in [-0.4, -0.2) is 47.0 Å². The fraction of sp³-hybridized carbons (Fsp3) is 0.353. The van der Waals surface area contributed by atoms with Gasteiger partial charge in [-0.2, -0.15) is 0 Å². The lowest BCUT2D eigenvalue weighted by atomic mass is 10.1. The SMILES string of the molecule is COc1ccc(-c2csc(NC(=O)C(C)SC3=NCCS3)n2)cc1OC. The smallest absolute Gasteiger partial charge is 0.239 e. The molecule has 1 amide bonds. The molecule has 0 radical (unpaired) electrons. The molecule has 0 saturated carbocycles. The first kappa shape index (κ1) is 19.1. The highest BCUT2D eigenvalue weighted by Gasteiger charge is 2.20. The summed E-state index contributed by atoms with van der Waals surface area (Å²) in [5, 5.41) is 5.15. The summed E-state index contributed by atoms with van der Waals surface area (Å²) in [6.45, 7) is 2.72. The summed E-state index contributed by atoms with van der Waals surface area (Å²) in [6, 6.07) is 5.62. The van der Waals surface area contributed by atoms with Crippen LogP contribution in [0.15, 0.2) is 28.6 Å². The van der Waals surface area contributed by atoms with Crippen LogP contribution in [0.1, 0.15) is 6.92 Å². The van der Waals surface area contributed by atoms with Gasteiger partial charge < -0.3 is 14.8 Å². The van der Waals surface area contributed by atoms with Crippen molar-refractivity contribution in [2.45, 2.75) is 12.2 Å². The van der Waals surface area contributed by atoms with E-state index in [9.17, 15) is 4.79 Å². The number of nitrogens with zero attached hydrogens (tertiary/aromatic N) is 2. The van der Waals surface area contributed by atoms with Gasteiger partial charge >= 0.3 is 0 Å². The van der Waals surface area contributed by atoms with Crippen LogP contribution in [0.25, 0.3) is 11.3 Å². The van der Waals surface area contributed by atoms with Crippen molar-refractivity contribution in [1.82, 2.24) is 4.98 Å². The fourth-order valence-electron chi connectivity index (χ4n) is 2.26. The largest absolute Gasteiger partial charge is 0.493 e. The van der Waals surface area contributed by atoms with Gasteiger partial charge in [0, 0.05) is 16.7 Å². The first-order valence-electron chi connectivity index (χ1n) is 7.93. The van der Waals surface area contributed by atoms with Gasteiger partial charge in [0.2, 0.25) is 5.91 Å². The lowest BCUT2D eigenvalue weighted by Crippen LogP contribution is -2.23. The van der Waals surface area contributed by atoms with E-state index < -0.39 is 0 Å². The number of amides is 1. The highest BCUT2D eigenvalue weighted by atomic mass is 32.2.